The van der Waals surface area contributed by atoms with Gasteiger partial charge in [-0.2, -0.15) is 0 Å². The molecular formula is C21H27N3O2. The Morgan fingerprint density at radius 3 is 2.12 bits per heavy atom. The number of hydrogen-bond donors (Lipinski definition) is 2. The van der Waals surface area contributed by atoms with Gasteiger partial charge in [0.15, 0.2) is 0 Å². The van der Waals surface area contributed by atoms with Crippen molar-refractivity contribution in [2.24, 2.45) is 5.73 Å². The lowest BCUT2D eigenvalue weighted by molar-refractivity contribution is -0.118. The molecule has 0 saturated heterocycles. The Morgan fingerprint density at radius 2 is 1.50 bits per heavy atom. The number of nitrogens with zero attached hydrogens (tertiary/aromatic N) is 1. The van der Waals surface area contributed by atoms with Gasteiger partial charge in [0, 0.05) is 18.5 Å². The highest BCUT2D eigenvalue weighted by molar-refractivity contribution is 6.03. The number of rotatable bonds is 8. The molecule has 0 bridgehead atoms. The molecule has 0 heterocycles. The minimum absolute atomic E-state index is 0.0107. The highest BCUT2D eigenvalue weighted by Gasteiger charge is 2.19. The van der Waals surface area contributed by atoms with Gasteiger partial charge in [-0.25, -0.2) is 0 Å². The topological polar surface area (TPSA) is 89.4 Å². The molecule has 0 aliphatic heterocycles. The van der Waals surface area contributed by atoms with E-state index in [2.05, 4.69) is 0 Å². The van der Waals surface area contributed by atoms with E-state index in [1.807, 2.05) is 56.3 Å². The number of carbonyl (C=O) groups is 2. The Balaban J connectivity index is 2.19. The van der Waals surface area contributed by atoms with Gasteiger partial charge in [-0.05, 0) is 56.5 Å². The number of carbonyl (C=O) groups excluding carboxylic acids is 2. The Kier molecular flexibility index (Phi) is 6.78. The second-order valence-electron chi connectivity index (χ2n) is 6.65. The summed E-state index contributed by atoms with van der Waals surface area (Å²) >= 11 is 0. The van der Waals surface area contributed by atoms with Crippen molar-refractivity contribution in [1.29, 1.82) is 0 Å². The average molecular weight is 353 g/mol. The normalized spacial score (nSPS) is 10.5. The van der Waals surface area contributed by atoms with E-state index in [4.69, 9.17) is 11.5 Å². The van der Waals surface area contributed by atoms with Crippen molar-refractivity contribution in [3.05, 3.63) is 53.6 Å². The first-order valence-electron chi connectivity index (χ1n) is 8.92. The van der Waals surface area contributed by atoms with Crippen LogP contribution in [0.15, 0.2) is 42.5 Å². The van der Waals surface area contributed by atoms with E-state index in [0.717, 1.165) is 23.2 Å². The highest BCUT2D eigenvalue weighted by Crippen LogP contribution is 2.32. The van der Waals surface area contributed by atoms with Crippen LogP contribution in [0.2, 0.25) is 0 Å². The molecule has 2 rings (SSSR count). The molecule has 0 unspecified atom stereocenters. The highest BCUT2D eigenvalue weighted by atomic mass is 16.2. The zero-order valence-corrected chi connectivity index (χ0v) is 15.5. The fraction of sp³-hybridized carbons (Fsp3) is 0.333. The fourth-order valence-corrected chi connectivity index (χ4v) is 2.85. The fourth-order valence-electron chi connectivity index (χ4n) is 2.85. The quantitative estimate of drug-likeness (QED) is 0.555. The first kappa shape index (κ1) is 19.5. The van der Waals surface area contributed by atoms with Crippen molar-refractivity contribution in [1.82, 2.24) is 0 Å². The van der Waals surface area contributed by atoms with Gasteiger partial charge in [-0.3, -0.25) is 14.5 Å². The Hall–Kier alpha value is -2.82. The summed E-state index contributed by atoms with van der Waals surface area (Å²) in [5.41, 5.74) is 15.6. The van der Waals surface area contributed by atoms with Crippen LogP contribution in [-0.2, 0) is 9.59 Å². The van der Waals surface area contributed by atoms with E-state index in [0.29, 0.717) is 37.1 Å². The number of unbranched alkanes of at least 4 members (excludes halogenated alkanes) is 2. The molecule has 138 valence electrons. The summed E-state index contributed by atoms with van der Waals surface area (Å²) in [6.45, 7) is 3.98. The molecule has 5 nitrogen and oxygen atoms in total. The first-order valence-corrected chi connectivity index (χ1v) is 8.92. The molecule has 2 aromatic rings. The van der Waals surface area contributed by atoms with E-state index in [1.165, 1.54) is 0 Å². The lowest BCUT2D eigenvalue weighted by atomic mass is 10.1. The summed E-state index contributed by atoms with van der Waals surface area (Å²) < 4.78 is 0. The molecule has 0 spiro atoms. The van der Waals surface area contributed by atoms with Crippen LogP contribution in [0.3, 0.4) is 0 Å². The van der Waals surface area contributed by atoms with Crippen LogP contribution in [-0.4, -0.2) is 11.8 Å². The smallest absolute Gasteiger partial charge is 0.231 e. The Labute approximate surface area is 155 Å². The molecule has 0 radical (unpaired) electrons. The zero-order valence-electron chi connectivity index (χ0n) is 15.5. The monoisotopic (exact) mass is 353 g/mol. The first-order chi connectivity index (χ1) is 12.4. The molecule has 2 amide bonds. The van der Waals surface area contributed by atoms with Gasteiger partial charge >= 0.3 is 0 Å². The SMILES string of the molecule is Cc1ccc(N(C(=O)CCCCCC(N)=O)c2ccc(C)cc2N)cc1. The lowest BCUT2D eigenvalue weighted by Gasteiger charge is -2.25. The Bertz CT molecular complexity index is 769. The van der Waals surface area contributed by atoms with Crippen molar-refractivity contribution >= 4 is 28.9 Å². The minimum atomic E-state index is -0.301. The van der Waals surface area contributed by atoms with E-state index >= 15 is 0 Å². The van der Waals surface area contributed by atoms with Crippen molar-refractivity contribution in [2.75, 3.05) is 10.6 Å². The maximum atomic E-state index is 12.9. The molecule has 26 heavy (non-hydrogen) atoms. The summed E-state index contributed by atoms with van der Waals surface area (Å²) in [4.78, 5) is 25.4. The summed E-state index contributed by atoms with van der Waals surface area (Å²) in [5, 5.41) is 0. The number of primary amides is 1. The third-order valence-corrected chi connectivity index (χ3v) is 4.28. The molecular weight excluding hydrogens is 326 g/mol. The van der Waals surface area contributed by atoms with Gasteiger partial charge in [0.2, 0.25) is 11.8 Å². The van der Waals surface area contributed by atoms with E-state index in [9.17, 15) is 9.59 Å². The van der Waals surface area contributed by atoms with Crippen molar-refractivity contribution in [3.8, 4) is 0 Å². The number of nitrogens with two attached hydrogens (primary N) is 2. The van der Waals surface area contributed by atoms with Crippen molar-refractivity contribution in [2.45, 2.75) is 46.0 Å². The number of hydrogen-bond acceptors (Lipinski definition) is 3. The molecule has 0 aromatic heterocycles. The van der Waals surface area contributed by atoms with E-state index in [-0.39, 0.29) is 11.8 Å². The molecule has 0 fully saturated rings. The van der Waals surface area contributed by atoms with Gasteiger partial charge in [0.05, 0.1) is 11.4 Å². The Morgan fingerprint density at radius 1 is 0.885 bits per heavy atom. The van der Waals surface area contributed by atoms with Gasteiger partial charge in [-0.15, -0.1) is 0 Å². The van der Waals surface area contributed by atoms with Gasteiger partial charge in [-0.1, -0.05) is 30.2 Å². The maximum Gasteiger partial charge on any atom is 0.231 e. The van der Waals surface area contributed by atoms with Crippen LogP contribution in [0.5, 0.6) is 0 Å². The molecule has 2 aromatic carbocycles. The van der Waals surface area contributed by atoms with Crippen molar-refractivity contribution < 1.29 is 9.59 Å². The number of amides is 2. The molecule has 0 aliphatic carbocycles. The number of nitrogen functional groups attached to an aromatic ring is 1. The standard InChI is InChI=1S/C21H27N3O2/c1-15-8-11-17(12-9-15)24(19-13-10-16(2)14-18(19)22)21(26)7-5-3-4-6-20(23)25/h8-14H,3-7,22H2,1-2H3,(H2,23,25). The second kappa shape index (κ2) is 9.04. The third kappa shape index (κ3) is 5.34. The largest absolute Gasteiger partial charge is 0.397 e. The summed E-state index contributed by atoms with van der Waals surface area (Å²) in [6, 6.07) is 13.5. The maximum absolute atomic E-state index is 12.9. The van der Waals surface area contributed by atoms with Crippen LogP contribution >= 0.6 is 0 Å². The number of aryl methyl sites for hydroxylation is 2. The van der Waals surface area contributed by atoms with Crippen LogP contribution < -0.4 is 16.4 Å². The van der Waals surface area contributed by atoms with Crippen LogP contribution in [0.25, 0.3) is 0 Å². The minimum Gasteiger partial charge on any atom is -0.397 e. The average Bonchev–Trinajstić information content (AvgIpc) is 2.58. The summed E-state index contributed by atoms with van der Waals surface area (Å²) in [5.74, 6) is -0.312. The molecule has 4 N–H and O–H groups in total. The van der Waals surface area contributed by atoms with E-state index in [1.54, 1.807) is 4.90 Å². The number of anilines is 3. The molecule has 0 aliphatic rings. The number of benzene rings is 2. The van der Waals surface area contributed by atoms with Crippen molar-refractivity contribution in [3.63, 3.8) is 0 Å². The zero-order chi connectivity index (χ0) is 19.1. The van der Waals surface area contributed by atoms with Crippen LogP contribution in [0, 0.1) is 13.8 Å². The summed E-state index contributed by atoms with van der Waals surface area (Å²) in [7, 11) is 0. The molecule has 0 atom stereocenters. The summed E-state index contributed by atoms with van der Waals surface area (Å²) in [6.07, 6.45) is 2.96. The van der Waals surface area contributed by atoms with Crippen LogP contribution in [0.4, 0.5) is 17.1 Å². The van der Waals surface area contributed by atoms with Gasteiger partial charge in [0.1, 0.15) is 0 Å². The molecule has 0 saturated carbocycles. The van der Waals surface area contributed by atoms with Crippen LogP contribution in [0.1, 0.15) is 43.2 Å². The van der Waals surface area contributed by atoms with Gasteiger partial charge in [0.25, 0.3) is 0 Å². The molecule has 5 heteroatoms. The second-order valence-corrected chi connectivity index (χ2v) is 6.65. The lowest BCUT2D eigenvalue weighted by Crippen LogP contribution is -2.26. The third-order valence-electron chi connectivity index (χ3n) is 4.28. The van der Waals surface area contributed by atoms with E-state index < -0.39 is 0 Å². The predicted octanol–water partition coefficient (Wildman–Crippen LogP) is 3.99. The van der Waals surface area contributed by atoms with Gasteiger partial charge < -0.3 is 11.5 Å². The predicted molar refractivity (Wildman–Crippen MR) is 106 cm³/mol.